The van der Waals surface area contributed by atoms with Crippen molar-refractivity contribution in [3.8, 4) is 11.5 Å². The molecule has 0 atom stereocenters. The molecule has 7 heteroatoms. The van der Waals surface area contributed by atoms with Gasteiger partial charge in [-0.3, -0.25) is 0 Å². The highest BCUT2D eigenvalue weighted by molar-refractivity contribution is 9.10. The summed E-state index contributed by atoms with van der Waals surface area (Å²) in [4.78, 5) is 8.60. The first-order valence-electron chi connectivity index (χ1n) is 7.95. The molecule has 1 saturated heterocycles. The first kappa shape index (κ1) is 15.7. The number of nitrogens with zero attached hydrogens (tertiary/aromatic N) is 2. The van der Waals surface area contributed by atoms with Gasteiger partial charge < -0.3 is 19.5 Å². The summed E-state index contributed by atoms with van der Waals surface area (Å²) in [5.41, 5.74) is 1.20. The number of aromatic nitrogens is 2. The van der Waals surface area contributed by atoms with Crippen LogP contribution in [0.15, 0.2) is 35.1 Å². The smallest absolute Gasteiger partial charge is 0.231 e. The van der Waals surface area contributed by atoms with Crippen LogP contribution < -0.4 is 14.8 Å². The summed E-state index contributed by atoms with van der Waals surface area (Å²) in [6.07, 6.45) is 5.37. The van der Waals surface area contributed by atoms with Gasteiger partial charge in [0.2, 0.25) is 12.7 Å². The molecule has 0 amide bonds. The third-order valence-corrected chi connectivity index (χ3v) is 5.05. The van der Waals surface area contributed by atoms with Crippen LogP contribution in [0.1, 0.15) is 18.4 Å². The Bertz CT molecular complexity index is 718. The fraction of sp³-hybridized carbons (Fsp3) is 0.412. The molecule has 1 fully saturated rings. The van der Waals surface area contributed by atoms with Gasteiger partial charge in [-0.05, 0) is 46.5 Å². The van der Waals surface area contributed by atoms with Gasteiger partial charge in [0, 0.05) is 37.6 Å². The van der Waals surface area contributed by atoms with Gasteiger partial charge in [-0.1, -0.05) is 6.07 Å². The zero-order chi connectivity index (χ0) is 16.4. The van der Waals surface area contributed by atoms with Crippen molar-refractivity contribution in [3.05, 3.63) is 40.6 Å². The molecule has 0 radical (unpaired) electrons. The number of benzene rings is 1. The molecule has 2 aliphatic rings. The number of fused-ring (bicyclic) bond motifs is 1. The summed E-state index contributed by atoms with van der Waals surface area (Å²) in [5, 5.41) is 3.38. The molecule has 2 aromatic rings. The number of hydrogen-bond acceptors (Lipinski definition) is 6. The Kier molecular flexibility index (Phi) is 4.28. The molecule has 1 N–H and O–H groups in total. The Balaban J connectivity index is 1.59. The number of rotatable bonds is 4. The van der Waals surface area contributed by atoms with Gasteiger partial charge in [0.15, 0.2) is 11.5 Å². The van der Waals surface area contributed by atoms with Gasteiger partial charge in [-0.25, -0.2) is 9.97 Å². The molecule has 0 aliphatic carbocycles. The Hall–Kier alpha value is -1.86. The van der Waals surface area contributed by atoms with Gasteiger partial charge in [-0.15, -0.1) is 0 Å². The standard InChI is InChI=1S/C17H18BrN3O3/c18-13-8-19-16(20-9-13)21-10-17(3-5-22-6-4-17)12-1-2-14-15(7-12)24-11-23-14/h1-2,7-9H,3-6,10-11H2,(H,19,20,21). The molecule has 3 heterocycles. The van der Waals surface area contributed by atoms with E-state index in [1.54, 1.807) is 12.4 Å². The molecule has 126 valence electrons. The fourth-order valence-corrected chi connectivity index (χ4v) is 3.41. The van der Waals surface area contributed by atoms with Crippen LogP contribution >= 0.6 is 15.9 Å². The third-order valence-electron chi connectivity index (χ3n) is 4.64. The maximum atomic E-state index is 5.59. The van der Waals surface area contributed by atoms with Crippen molar-refractivity contribution in [2.75, 3.05) is 31.9 Å². The van der Waals surface area contributed by atoms with Crippen molar-refractivity contribution in [3.63, 3.8) is 0 Å². The van der Waals surface area contributed by atoms with Crippen LogP contribution in [0.4, 0.5) is 5.95 Å². The zero-order valence-corrected chi connectivity index (χ0v) is 14.7. The highest BCUT2D eigenvalue weighted by Crippen LogP contribution is 2.40. The molecule has 0 bridgehead atoms. The molecule has 0 spiro atoms. The molecule has 1 aromatic heterocycles. The molecule has 6 nitrogen and oxygen atoms in total. The molecular formula is C17H18BrN3O3. The minimum Gasteiger partial charge on any atom is -0.454 e. The van der Waals surface area contributed by atoms with Crippen molar-refractivity contribution in [2.45, 2.75) is 18.3 Å². The van der Waals surface area contributed by atoms with Gasteiger partial charge in [0.05, 0.1) is 4.47 Å². The second-order valence-corrected chi connectivity index (χ2v) is 6.95. The largest absolute Gasteiger partial charge is 0.454 e. The van der Waals surface area contributed by atoms with Crippen molar-refractivity contribution < 1.29 is 14.2 Å². The molecule has 4 rings (SSSR count). The maximum Gasteiger partial charge on any atom is 0.231 e. The topological polar surface area (TPSA) is 65.5 Å². The van der Waals surface area contributed by atoms with Crippen molar-refractivity contribution in [2.24, 2.45) is 0 Å². The highest BCUT2D eigenvalue weighted by Gasteiger charge is 2.35. The van der Waals surface area contributed by atoms with E-state index in [-0.39, 0.29) is 5.41 Å². The summed E-state index contributed by atoms with van der Waals surface area (Å²) in [6.45, 7) is 2.53. The quantitative estimate of drug-likeness (QED) is 0.863. The van der Waals surface area contributed by atoms with Crippen molar-refractivity contribution in [1.82, 2.24) is 9.97 Å². The average Bonchev–Trinajstić information content (AvgIpc) is 3.10. The predicted molar refractivity (Wildman–Crippen MR) is 92.5 cm³/mol. The van der Waals surface area contributed by atoms with Crippen molar-refractivity contribution in [1.29, 1.82) is 0 Å². The van der Waals surface area contributed by atoms with E-state index in [4.69, 9.17) is 14.2 Å². The van der Waals surface area contributed by atoms with E-state index in [2.05, 4.69) is 43.3 Å². The van der Waals surface area contributed by atoms with E-state index in [9.17, 15) is 0 Å². The third kappa shape index (κ3) is 3.06. The summed E-state index contributed by atoms with van der Waals surface area (Å²) in [6, 6.07) is 6.21. The van der Waals surface area contributed by atoms with Gasteiger partial charge in [0.1, 0.15) is 0 Å². The normalized spacial score (nSPS) is 18.4. The molecule has 2 aliphatic heterocycles. The van der Waals surface area contributed by atoms with Crippen molar-refractivity contribution >= 4 is 21.9 Å². The van der Waals surface area contributed by atoms with Gasteiger partial charge in [0.25, 0.3) is 0 Å². The van der Waals surface area contributed by atoms with Crippen LogP contribution in [0.2, 0.25) is 0 Å². The highest BCUT2D eigenvalue weighted by atomic mass is 79.9. The lowest BCUT2D eigenvalue weighted by molar-refractivity contribution is 0.0542. The summed E-state index contributed by atoms with van der Waals surface area (Å²) in [7, 11) is 0. The van der Waals surface area contributed by atoms with E-state index in [0.29, 0.717) is 12.7 Å². The lowest BCUT2D eigenvalue weighted by Crippen LogP contribution is -2.40. The van der Waals surface area contributed by atoms with Crippen LogP contribution in [-0.4, -0.2) is 36.5 Å². The average molecular weight is 392 g/mol. The Morgan fingerprint density at radius 1 is 1.08 bits per heavy atom. The molecule has 24 heavy (non-hydrogen) atoms. The first-order valence-corrected chi connectivity index (χ1v) is 8.74. The minimum absolute atomic E-state index is 0.0321. The molecular weight excluding hydrogens is 374 g/mol. The van der Waals surface area contributed by atoms with Crippen LogP contribution in [-0.2, 0) is 10.2 Å². The molecule has 0 saturated carbocycles. The second-order valence-electron chi connectivity index (χ2n) is 6.04. The van der Waals surface area contributed by atoms with E-state index in [0.717, 1.165) is 48.6 Å². The van der Waals surface area contributed by atoms with E-state index in [1.165, 1.54) is 5.56 Å². The van der Waals surface area contributed by atoms with Crippen LogP contribution in [0, 0.1) is 0 Å². The summed E-state index contributed by atoms with van der Waals surface area (Å²) >= 11 is 3.35. The fourth-order valence-electron chi connectivity index (χ4n) is 3.21. The SMILES string of the molecule is Brc1cnc(NCC2(c3ccc4c(c3)OCO4)CCOCC2)nc1. The Morgan fingerprint density at radius 2 is 1.83 bits per heavy atom. The lowest BCUT2D eigenvalue weighted by Gasteiger charge is -2.38. The number of hydrogen-bond donors (Lipinski definition) is 1. The molecule has 0 unspecified atom stereocenters. The predicted octanol–water partition coefficient (Wildman–Crippen LogP) is 3.13. The number of anilines is 1. The van der Waals surface area contributed by atoms with Crippen LogP contribution in [0.3, 0.4) is 0 Å². The second kappa shape index (κ2) is 6.57. The Morgan fingerprint density at radius 3 is 2.62 bits per heavy atom. The number of halogens is 1. The first-order chi connectivity index (χ1) is 11.8. The maximum absolute atomic E-state index is 5.59. The zero-order valence-electron chi connectivity index (χ0n) is 13.1. The van der Waals surface area contributed by atoms with Gasteiger partial charge in [-0.2, -0.15) is 0 Å². The summed E-state index contributed by atoms with van der Waals surface area (Å²) < 4.78 is 17.4. The lowest BCUT2D eigenvalue weighted by atomic mass is 9.74. The Labute approximate surface area is 148 Å². The summed E-state index contributed by atoms with van der Waals surface area (Å²) in [5.74, 6) is 2.26. The van der Waals surface area contributed by atoms with E-state index >= 15 is 0 Å². The number of ether oxygens (including phenoxy) is 3. The minimum atomic E-state index is -0.0321. The van der Waals surface area contributed by atoms with Gasteiger partial charge >= 0.3 is 0 Å². The molecule has 1 aromatic carbocycles. The monoisotopic (exact) mass is 391 g/mol. The van der Waals surface area contributed by atoms with E-state index < -0.39 is 0 Å². The van der Waals surface area contributed by atoms with Crippen LogP contribution in [0.25, 0.3) is 0 Å². The number of nitrogens with one attached hydrogen (secondary N) is 1. The van der Waals surface area contributed by atoms with E-state index in [1.807, 2.05) is 6.07 Å². The van der Waals surface area contributed by atoms with Crippen LogP contribution in [0.5, 0.6) is 11.5 Å².